The molecule has 2 nitrogen and oxygen atoms in total. The summed E-state index contributed by atoms with van der Waals surface area (Å²) in [6.07, 6.45) is 1.32. The van der Waals surface area contributed by atoms with Gasteiger partial charge in [0, 0.05) is 0 Å². The van der Waals surface area contributed by atoms with Crippen LogP contribution in [0, 0.1) is 5.92 Å². The highest BCUT2D eigenvalue weighted by atomic mass is 16.6. The van der Waals surface area contributed by atoms with Crippen LogP contribution in [0.1, 0.15) is 19.4 Å². The van der Waals surface area contributed by atoms with E-state index in [2.05, 4.69) is 25.6 Å². The average Bonchev–Trinajstić information content (AvgIpc) is 2.19. The second kappa shape index (κ2) is 5.22. The summed E-state index contributed by atoms with van der Waals surface area (Å²) < 4.78 is 0. The first-order valence-corrected chi connectivity index (χ1v) is 4.65. The first-order chi connectivity index (χ1) is 6.75. The van der Waals surface area contributed by atoms with Crippen molar-refractivity contribution >= 4 is 5.71 Å². The second-order valence-electron chi connectivity index (χ2n) is 3.27. The standard InChI is InChI=1S/C12H15NO/c1-4-14-13-12(10(2)3)11-8-6-5-7-9-11/h4-10H,1H2,2-3H3/b13-12+. The van der Waals surface area contributed by atoms with E-state index in [0.29, 0.717) is 5.92 Å². The molecule has 1 aromatic carbocycles. The Bertz CT molecular complexity index is 314. The van der Waals surface area contributed by atoms with Gasteiger partial charge in [-0.15, -0.1) is 0 Å². The maximum atomic E-state index is 4.86. The highest BCUT2D eigenvalue weighted by Crippen LogP contribution is 2.09. The van der Waals surface area contributed by atoms with Crippen molar-refractivity contribution in [2.45, 2.75) is 13.8 Å². The fourth-order valence-corrected chi connectivity index (χ4v) is 1.19. The molecule has 0 atom stereocenters. The second-order valence-corrected chi connectivity index (χ2v) is 3.27. The van der Waals surface area contributed by atoms with Gasteiger partial charge in [-0.25, -0.2) is 0 Å². The first kappa shape index (κ1) is 10.5. The van der Waals surface area contributed by atoms with Crippen molar-refractivity contribution < 1.29 is 4.84 Å². The van der Waals surface area contributed by atoms with Crippen LogP contribution in [-0.4, -0.2) is 5.71 Å². The number of oxime groups is 1. The van der Waals surface area contributed by atoms with E-state index < -0.39 is 0 Å². The summed E-state index contributed by atoms with van der Waals surface area (Å²) in [5, 5.41) is 4.01. The third-order valence-electron chi connectivity index (χ3n) is 1.84. The first-order valence-electron chi connectivity index (χ1n) is 4.65. The number of benzene rings is 1. The summed E-state index contributed by atoms with van der Waals surface area (Å²) in [4.78, 5) is 4.86. The average molecular weight is 189 g/mol. The molecule has 0 radical (unpaired) electrons. The molecular weight excluding hydrogens is 174 g/mol. The molecule has 0 fully saturated rings. The monoisotopic (exact) mass is 189 g/mol. The Morgan fingerprint density at radius 3 is 2.50 bits per heavy atom. The number of hydrogen-bond acceptors (Lipinski definition) is 2. The van der Waals surface area contributed by atoms with Crippen molar-refractivity contribution in [1.82, 2.24) is 0 Å². The fraction of sp³-hybridized carbons (Fsp3) is 0.250. The predicted molar refractivity (Wildman–Crippen MR) is 59.1 cm³/mol. The molecule has 0 aliphatic heterocycles. The van der Waals surface area contributed by atoms with Crippen LogP contribution in [0.3, 0.4) is 0 Å². The number of rotatable bonds is 4. The fourth-order valence-electron chi connectivity index (χ4n) is 1.19. The van der Waals surface area contributed by atoms with E-state index in [4.69, 9.17) is 4.84 Å². The van der Waals surface area contributed by atoms with Gasteiger partial charge in [0.15, 0.2) is 0 Å². The molecule has 0 aliphatic rings. The van der Waals surface area contributed by atoms with Gasteiger partial charge in [-0.2, -0.15) is 0 Å². The summed E-state index contributed by atoms with van der Waals surface area (Å²) in [7, 11) is 0. The normalized spacial score (nSPS) is 11.5. The van der Waals surface area contributed by atoms with Crippen LogP contribution >= 0.6 is 0 Å². The molecule has 0 aromatic heterocycles. The third kappa shape index (κ3) is 2.73. The smallest absolute Gasteiger partial charge is 0.114 e. The molecule has 0 amide bonds. The Morgan fingerprint density at radius 1 is 1.36 bits per heavy atom. The van der Waals surface area contributed by atoms with E-state index in [1.165, 1.54) is 6.26 Å². The van der Waals surface area contributed by atoms with Gasteiger partial charge < -0.3 is 4.84 Å². The molecule has 0 saturated carbocycles. The molecule has 0 aliphatic carbocycles. The summed E-state index contributed by atoms with van der Waals surface area (Å²) in [5.41, 5.74) is 2.02. The van der Waals surface area contributed by atoms with E-state index in [-0.39, 0.29) is 0 Å². The zero-order chi connectivity index (χ0) is 10.4. The molecule has 1 aromatic rings. The van der Waals surface area contributed by atoms with Crippen LogP contribution in [0.5, 0.6) is 0 Å². The highest BCUT2D eigenvalue weighted by molar-refractivity contribution is 6.01. The minimum absolute atomic E-state index is 0.331. The Kier molecular flexibility index (Phi) is 3.92. The Hall–Kier alpha value is -1.57. The summed E-state index contributed by atoms with van der Waals surface area (Å²) in [6.45, 7) is 7.62. The Balaban J connectivity index is 2.94. The molecule has 0 N–H and O–H groups in total. The van der Waals surface area contributed by atoms with Gasteiger partial charge in [-0.3, -0.25) is 0 Å². The van der Waals surface area contributed by atoms with Crippen molar-refractivity contribution in [3.63, 3.8) is 0 Å². The van der Waals surface area contributed by atoms with Crippen LogP contribution in [-0.2, 0) is 4.84 Å². The van der Waals surface area contributed by atoms with Gasteiger partial charge in [-0.1, -0.05) is 55.9 Å². The topological polar surface area (TPSA) is 21.6 Å². The summed E-state index contributed by atoms with van der Waals surface area (Å²) >= 11 is 0. The number of hydrogen-bond donors (Lipinski definition) is 0. The van der Waals surface area contributed by atoms with Gasteiger partial charge in [0.05, 0.1) is 5.71 Å². The molecular formula is C12H15NO. The maximum absolute atomic E-state index is 4.86. The van der Waals surface area contributed by atoms with Crippen molar-refractivity contribution in [2.75, 3.05) is 0 Å². The van der Waals surface area contributed by atoms with Gasteiger partial charge in [0.25, 0.3) is 0 Å². The van der Waals surface area contributed by atoms with Gasteiger partial charge in [-0.05, 0) is 11.5 Å². The highest BCUT2D eigenvalue weighted by Gasteiger charge is 2.08. The molecule has 0 bridgehead atoms. The van der Waals surface area contributed by atoms with Crippen molar-refractivity contribution in [3.05, 3.63) is 48.7 Å². The molecule has 1 rings (SSSR count). The Labute approximate surface area is 84.9 Å². The lowest BCUT2D eigenvalue weighted by molar-refractivity contribution is 0.267. The molecule has 74 valence electrons. The number of nitrogens with zero attached hydrogens (tertiary/aromatic N) is 1. The van der Waals surface area contributed by atoms with E-state index in [9.17, 15) is 0 Å². The lowest BCUT2D eigenvalue weighted by atomic mass is 10.0. The maximum Gasteiger partial charge on any atom is 0.114 e. The van der Waals surface area contributed by atoms with Crippen molar-refractivity contribution in [1.29, 1.82) is 0 Å². The van der Waals surface area contributed by atoms with Crippen LogP contribution in [0.25, 0.3) is 0 Å². The van der Waals surface area contributed by atoms with Crippen LogP contribution < -0.4 is 0 Å². The lowest BCUT2D eigenvalue weighted by Gasteiger charge is -2.08. The van der Waals surface area contributed by atoms with E-state index in [1.807, 2.05) is 30.3 Å². The van der Waals surface area contributed by atoms with Crippen LogP contribution in [0.4, 0.5) is 0 Å². The lowest BCUT2D eigenvalue weighted by Crippen LogP contribution is -2.09. The molecule has 2 heteroatoms. The zero-order valence-electron chi connectivity index (χ0n) is 8.60. The quantitative estimate of drug-likeness (QED) is 0.405. The van der Waals surface area contributed by atoms with Crippen LogP contribution in [0.2, 0.25) is 0 Å². The van der Waals surface area contributed by atoms with Crippen LogP contribution in [0.15, 0.2) is 48.3 Å². The van der Waals surface area contributed by atoms with Gasteiger partial charge in [0.2, 0.25) is 0 Å². The molecule has 0 heterocycles. The Morgan fingerprint density at radius 2 is 2.00 bits per heavy atom. The van der Waals surface area contributed by atoms with E-state index in [1.54, 1.807) is 0 Å². The van der Waals surface area contributed by atoms with Crippen molar-refractivity contribution in [3.8, 4) is 0 Å². The third-order valence-corrected chi connectivity index (χ3v) is 1.84. The molecule has 14 heavy (non-hydrogen) atoms. The minimum atomic E-state index is 0.331. The zero-order valence-corrected chi connectivity index (χ0v) is 8.60. The van der Waals surface area contributed by atoms with E-state index in [0.717, 1.165) is 11.3 Å². The van der Waals surface area contributed by atoms with Crippen molar-refractivity contribution in [2.24, 2.45) is 11.1 Å². The largest absolute Gasteiger partial charge is 0.365 e. The molecule has 0 spiro atoms. The summed E-state index contributed by atoms with van der Waals surface area (Å²) in [6, 6.07) is 9.99. The minimum Gasteiger partial charge on any atom is -0.365 e. The van der Waals surface area contributed by atoms with Gasteiger partial charge >= 0.3 is 0 Å². The van der Waals surface area contributed by atoms with E-state index >= 15 is 0 Å². The summed E-state index contributed by atoms with van der Waals surface area (Å²) in [5.74, 6) is 0.331. The predicted octanol–water partition coefficient (Wildman–Crippen LogP) is 3.21. The van der Waals surface area contributed by atoms with Gasteiger partial charge in [0.1, 0.15) is 6.26 Å². The molecule has 0 saturated heterocycles. The SMILES string of the molecule is C=CO/N=C(/c1ccccc1)C(C)C. The molecule has 0 unspecified atom stereocenters.